The van der Waals surface area contributed by atoms with Crippen molar-refractivity contribution in [2.75, 3.05) is 7.11 Å². The Kier molecular flexibility index (Phi) is 5.06. The van der Waals surface area contributed by atoms with Gasteiger partial charge in [0.1, 0.15) is 11.6 Å². The number of benzene rings is 2. The first-order valence-corrected chi connectivity index (χ1v) is 8.66. The summed E-state index contributed by atoms with van der Waals surface area (Å²) in [5.41, 5.74) is 2.12. The molecule has 0 amide bonds. The molecule has 1 N–H and O–H groups in total. The minimum absolute atomic E-state index is 0.213. The zero-order valence-corrected chi connectivity index (χ0v) is 14.4. The SMILES string of the molecule is COc1ccc(S(=O)(=O)NC(C)c2ccc(F)cc2)c(C)c1C. The molecule has 0 bridgehead atoms. The lowest BCUT2D eigenvalue weighted by atomic mass is 10.1. The summed E-state index contributed by atoms with van der Waals surface area (Å²) in [6.07, 6.45) is 0. The van der Waals surface area contributed by atoms with Crippen LogP contribution in [0.15, 0.2) is 41.3 Å². The molecule has 0 spiro atoms. The molecule has 4 nitrogen and oxygen atoms in total. The van der Waals surface area contributed by atoms with Crippen LogP contribution < -0.4 is 9.46 Å². The van der Waals surface area contributed by atoms with Crippen molar-refractivity contribution >= 4 is 10.0 Å². The molecule has 0 saturated carbocycles. The third kappa shape index (κ3) is 3.71. The Labute approximate surface area is 136 Å². The van der Waals surface area contributed by atoms with Gasteiger partial charge in [-0.1, -0.05) is 12.1 Å². The highest BCUT2D eigenvalue weighted by Crippen LogP contribution is 2.27. The van der Waals surface area contributed by atoms with Gasteiger partial charge in [-0.15, -0.1) is 0 Å². The smallest absolute Gasteiger partial charge is 0.241 e. The molecule has 124 valence electrons. The van der Waals surface area contributed by atoms with Crippen molar-refractivity contribution in [2.45, 2.75) is 31.7 Å². The monoisotopic (exact) mass is 337 g/mol. The maximum absolute atomic E-state index is 13.0. The lowest BCUT2D eigenvalue weighted by Gasteiger charge is -2.17. The van der Waals surface area contributed by atoms with Gasteiger partial charge in [0.15, 0.2) is 0 Å². The van der Waals surface area contributed by atoms with E-state index in [0.717, 1.165) is 5.56 Å². The topological polar surface area (TPSA) is 55.4 Å². The van der Waals surface area contributed by atoms with Crippen molar-refractivity contribution in [3.05, 3.63) is 58.9 Å². The summed E-state index contributed by atoms with van der Waals surface area (Å²) in [6.45, 7) is 5.28. The molecule has 2 aromatic carbocycles. The van der Waals surface area contributed by atoms with E-state index in [1.54, 1.807) is 39.2 Å². The Balaban J connectivity index is 2.32. The minimum Gasteiger partial charge on any atom is -0.496 e. The summed E-state index contributed by atoms with van der Waals surface area (Å²) in [5, 5.41) is 0. The van der Waals surface area contributed by atoms with Gasteiger partial charge in [-0.25, -0.2) is 17.5 Å². The summed E-state index contributed by atoms with van der Waals surface area (Å²) in [6, 6.07) is 8.44. The summed E-state index contributed by atoms with van der Waals surface area (Å²) >= 11 is 0. The molecule has 1 unspecified atom stereocenters. The quantitative estimate of drug-likeness (QED) is 0.908. The Morgan fingerprint density at radius 1 is 1.04 bits per heavy atom. The van der Waals surface area contributed by atoms with Crippen molar-refractivity contribution < 1.29 is 17.5 Å². The number of hydrogen-bond acceptors (Lipinski definition) is 3. The van der Waals surface area contributed by atoms with Crippen molar-refractivity contribution in [2.24, 2.45) is 0 Å². The van der Waals surface area contributed by atoms with Gasteiger partial charge >= 0.3 is 0 Å². The predicted molar refractivity (Wildman–Crippen MR) is 87.6 cm³/mol. The van der Waals surface area contributed by atoms with E-state index in [1.165, 1.54) is 18.2 Å². The molecule has 0 fully saturated rings. The standard InChI is InChI=1S/C17H20FNO3S/c1-11-12(2)17(10-9-16(11)22-4)23(20,21)19-13(3)14-5-7-15(18)8-6-14/h5-10,13,19H,1-4H3. The van der Waals surface area contributed by atoms with Crippen LogP contribution in [0.4, 0.5) is 4.39 Å². The van der Waals surface area contributed by atoms with Gasteiger partial charge in [-0.2, -0.15) is 0 Å². The molecule has 6 heteroatoms. The highest BCUT2D eigenvalue weighted by atomic mass is 32.2. The number of sulfonamides is 1. The molecular weight excluding hydrogens is 317 g/mol. The van der Waals surface area contributed by atoms with Crippen LogP contribution in [0.2, 0.25) is 0 Å². The molecule has 1 atom stereocenters. The second-order valence-electron chi connectivity index (χ2n) is 5.41. The normalized spacial score (nSPS) is 12.9. The average Bonchev–Trinajstić information content (AvgIpc) is 2.49. The molecular formula is C17H20FNO3S. The van der Waals surface area contributed by atoms with Crippen LogP contribution in [0.25, 0.3) is 0 Å². The third-order valence-electron chi connectivity index (χ3n) is 3.90. The van der Waals surface area contributed by atoms with Gasteiger partial charge < -0.3 is 4.74 Å². The average molecular weight is 337 g/mol. The van der Waals surface area contributed by atoms with Crippen molar-refractivity contribution in [1.82, 2.24) is 4.72 Å². The maximum Gasteiger partial charge on any atom is 0.241 e. The summed E-state index contributed by atoms with van der Waals surface area (Å²) in [4.78, 5) is 0.213. The Morgan fingerprint density at radius 3 is 2.22 bits per heavy atom. The molecule has 0 heterocycles. The molecule has 2 rings (SSSR count). The third-order valence-corrected chi connectivity index (χ3v) is 5.58. The lowest BCUT2D eigenvalue weighted by Crippen LogP contribution is -2.27. The zero-order valence-electron chi connectivity index (χ0n) is 13.6. The minimum atomic E-state index is -3.70. The molecule has 2 aromatic rings. The number of halogens is 1. The highest BCUT2D eigenvalue weighted by Gasteiger charge is 2.22. The first-order valence-electron chi connectivity index (χ1n) is 7.18. The maximum atomic E-state index is 13.0. The van der Waals surface area contributed by atoms with Gasteiger partial charge in [0.25, 0.3) is 0 Å². The zero-order chi connectivity index (χ0) is 17.2. The Bertz CT molecular complexity index is 801. The van der Waals surface area contributed by atoms with E-state index in [2.05, 4.69) is 4.72 Å². The molecule has 23 heavy (non-hydrogen) atoms. The van der Waals surface area contributed by atoms with Gasteiger partial charge in [0.2, 0.25) is 10.0 Å². The Morgan fingerprint density at radius 2 is 1.65 bits per heavy atom. The van der Waals surface area contributed by atoms with Crippen molar-refractivity contribution in [3.8, 4) is 5.75 Å². The number of nitrogens with one attached hydrogen (secondary N) is 1. The fourth-order valence-electron chi connectivity index (χ4n) is 2.40. The van der Waals surface area contributed by atoms with E-state index in [9.17, 15) is 12.8 Å². The van der Waals surface area contributed by atoms with Crippen LogP contribution in [-0.2, 0) is 10.0 Å². The molecule has 0 aromatic heterocycles. The first-order chi connectivity index (χ1) is 10.8. The molecule has 0 aliphatic carbocycles. The van der Waals surface area contributed by atoms with Crippen LogP contribution in [0.3, 0.4) is 0 Å². The molecule has 0 saturated heterocycles. The summed E-state index contributed by atoms with van der Waals surface area (Å²) in [5.74, 6) is 0.290. The van der Waals surface area contributed by atoms with Gasteiger partial charge in [0.05, 0.1) is 12.0 Å². The van der Waals surface area contributed by atoms with E-state index in [4.69, 9.17) is 4.74 Å². The Hall–Kier alpha value is -1.92. The largest absolute Gasteiger partial charge is 0.496 e. The lowest BCUT2D eigenvalue weighted by molar-refractivity contribution is 0.410. The second kappa shape index (κ2) is 6.68. The van der Waals surface area contributed by atoms with Gasteiger partial charge in [-0.05, 0) is 61.7 Å². The first kappa shape index (κ1) is 17.4. The second-order valence-corrected chi connectivity index (χ2v) is 7.09. The highest BCUT2D eigenvalue weighted by molar-refractivity contribution is 7.89. The molecule has 0 aliphatic heterocycles. The van der Waals surface area contributed by atoms with Crippen LogP contribution in [0, 0.1) is 19.7 Å². The summed E-state index contributed by atoms with van der Waals surface area (Å²) in [7, 11) is -2.15. The van der Waals surface area contributed by atoms with Gasteiger partial charge in [0, 0.05) is 6.04 Å². The van der Waals surface area contributed by atoms with E-state index in [-0.39, 0.29) is 10.7 Å². The fraction of sp³-hybridized carbons (Fsp3) is 0.294. The van der Waals surface area contributed by atoms with Crippen molar-refractivity contribution in [3.63, 3.8) is 0 Å². The van der Waals surface area contributed by atoms with E-state index in [1.807, 2.05) is 6.92 Å². The summed E-state index contributed by atoms with van der Waals surface area (Å²) < 4.78 is 46.1. The van der Waals surface area contributed by atoms with Crippen LogP contribution in [0.5, 0.6) is 5.75 Å². The number of rotatable bonds is 5. The molecule has 0 aliphatic rings. The predicted octanol–water partition coefficient (Wildman–Crippen LogP) is 3.49. The number of methoxy groups -OCH3 is 1. The van der Waals surface area contributed by atoms with Crippen LogP contribution in [0.1, 0.15) is 29.7 Å². The van der Waals surface area contributed by atoms with E-state index in [0.29, 0.717) is 16.9 Å². The molecule has 0 radical (unpaired) electrons. The van der Waals surface area contributed by atoms with Gasteiger partial charge in [-0.3, -0.25) is 0 Å². The van der Waals surface area contributed by atoms with Crippen LogP contribution in [-0.4, -0.2) is 15.5 Å². The van der Waals surface area contributed by atoms with E-state index < -0.39 is 16.1 Å². The van der Waals surface area contributed by atoms with Crippen LogP contribution >= 0.6 is 0 Å². The van der Waals surface area contributed by atoms with E-state index >= 15 is 0 Å². The number of hydrogen-bond donors (Lipinski definition) is 1. The fourth-order valence-corrected chi connectivity index (χ4v) is 3.93. The van der Waals surface area contributed by atoms with Crippen molar-refractivity contribution in [1.29, 1.82) is 0 Å². The number of ether oxygens (including phenoxy) is 1.